The summed E-state index contributed by atoms with van der Waals surface area (Å²) in [4.78, 5) is 11.3. The molecule has 96 valence electrons. The van der Waals surface area contributed by atoms with Gasteiger partial charge >= 0.3 is 0 Å². The van der Waals surface area contributed by atoms with Crippen molar-refractivity contribution < 1.29 is 14.6 Å². The Balaban J connectivity index is 1.80. The molecule has 2 aliphatic heterocycles. The van der Waals surface area contributed by atoms with Gasteiger partial charge in [0.15, 0.2) is 0 Å². The molecule has 0 bridgehead atoms. The average Bonchev–Trinajstić information content (AvgIpc) is 2.78. The lowest BCUT2D eigenvalue weighted by Crippen LogP contribution is -2.22. The zero-order chi connectivity index (χ0) is 12.5. The Hall–Kier alpha value is -1.39. The van der Waals surface area contributed by atoms with E-state index in [1.165, 1.54) is 0 Å². The number of ether oxygens (including phenoxy) is 1. The SMILES string of the molecule is O=C1Cc2cc(C(O)C3CCOCC3)ccc2N1. The third kappa shape index (κ3) is 2.13. The van der Waals surface area contributed by atoms with Crippen molar-refractivity contribution in [2.45, 2.75) is 25.4 Å². The van der Waals surface area contributed by atoms with Gasteiger partial charge in [-0.05, 0) is 36.0 Å². The van der Waals surface area contributed by atoms with Crippen LogP contribution in [-0.2, 0) is 16.0 Å². The highest BCUT2D eigenvalue weighted by Gasteiger charge is 2.25. The van der Waals surface area contributed by atoms with E-state index in [1.807, 2.05) is 18.2 Å². The number of carbonyl (C=O) groups excluding carboxylic acids is 1. The van der Waals surface area contributed by atoms with E-state index in [0.717, 1.165) is 42.9 Å². The molecule has 0 aromatic heterocycles. The molecule has 2 heterocycles. The Morgan fingerprint density at radius 1 is 1.33 bits per heavy atom. The molecule has 0 spiro atoms. The van der Waals surface area contributed by atoms with Gasteiger partial charge < -0.3 is 15.2 Å². The Kier molecular flexibility index (Phi) is 3.06. The topological polar surface area (TPSA) is 58.6 Å². The molecule has 1 atom stereocenters. The summed E-state index contributed by atoms with van der Waals surface area (Å²) in [5, 5.41) is 13.2. The largest absolute Gasteiger partial charge is 0.388 e. The van der Waals surface area contributed by atoms with Crippen LogP contribution in [0.3, 0.4) is 0 Å². The maximum Gasteiger partial charge on any atom is 0.228 e. The standard InChI is InChI=1S/C14H17NO3/c16-13-8-11-7-10(1-2-12(11)15-13)14(17)9-3-5-18-6-4-9/h1-2,7,9,14,17H,3-6,8H2,(H,15,16). The highest BCUT2D eigenvalue weighted by molar-refractivity contribution is 5.99. The summed E-state index contributed by atoms with van der Waals surface area (Å²) in [6.07, 6.45) is 1.77. The van der Waals surface area contributed by atoms with Crippen LogP contribution in [0.2, 0.25) is 0 Å². The van der Waals surface area contributed by atoms with Crippen LogP contribution in [0.15, 0.2) is 18.2 Å². The quantitative estimate of drug-likeness (QED) is 0.835. The predicted octanol–water partition coefficient (Wildman–Crippen LogP) is 1.64. The molecule has 1 aromatic rings. The van der Waals surface area contributed by atoms with Gasteiger partial charge in [0.2, 0.25) is 5.91 Å². The monoisotopic (exact) mass is 247 g/mol. The Morgan fingerprint density at radius 3 is 2.89 bits per heavy atom. The van der Waals surface area contributed by atoms with Crippen LogP contribution in [0.5, 0.6) is 0 Å². The number of anilines is 1. The van der Waals surface area contributed by atoms with Crippen molar-refractivity contribution in [3.05, 3.63) is 29.3 Å². The number of nitrogens with one attached hydrogen (secondary N) is 1. The smallest absolute Gasteiger partial charge is 0.228 e. The van der Waals surface area contributed by atoms with E-state index in [-0.39, 0.29) is 11.8 Å². The molecule has 4 heteroatoms. The second-order valence-corrected chi connectivity index (χ2v) is 5.04. The molecule has 2 N–H and O–H groups in total. The predicted molar refractivity (Wildman–Crippen MR) is 67.3 cm³/mol. The van der Waals surface area contributed by atoms with E-state index in [9.17, 15) is 9.90 Å². The summed E-state index contributed by atoms with van der Waals surface area (Å²) in [7, 11) is 0. The molecular formula is C14H17NO3. The molecule has 1 amide bonds. The average molecular weight is 247 g/mol. The molecule has 1 fully saturated rings. The van der Waals surface area contributed by atoms with Crippen LogP contribution in [-0.4, -0.2) is 24.2 Å². The number of hydrogen-bond donors (Lipinski definition) is 2. The molecule has 18 heavy (non-hydrogen) atoms. The molecule has 0 aliphatic carbocycles. The number of aliphatic hydroxyl groups is 1. The first-order chi connectivity index (χ1) is 8.74. The lowest BCUT2D eigenvalue weighted by molar-refractivity contribution is -0.115. The Bertz CT molecular complexity index is 466. The number of aliphatic hydroxyl groups excluding tert-OH is 1. The lowest BCUT2D eigenvalue weighted by Gasteiger charge is -2.27. The van der Waals surface area contributed by atoms with Crippen molar-refractivity contribution in [3.8, 4) is 0 Å². The summed E-state index contributed by atoms with van der Waals surface area (Å²) in [6.45, 7) is 1.46. The van der Waals surface area contributed by atoms with E-state index in [2.05, 4.69) is 5.32 Å². The molecule has 1 aromatic carbocycles. The molecule has 4 nitrogen and oxygen atoms in total. The zero-order valence-corrected chi connectivity index (χ0v) is 10.2. The number of fused-ring (bicyclic) bond motifs is 1. The fourth-order valence-electron chi connectivity index (χ4n) is 2.74. The lowest BCUT2D eigenvalue weighted by atomic mass is 9.88. The van der Waals surface area contributed by atoms with Gasteiger partial charge in [0.25, 0.3) is 0 Å². The number of hydrogen-bond acceptors (Lipinski definition) is 3. The fraction of sp³-hybridized carbons (Fsp3) is 0.500. The highest BCUT2D eigenvalue weighted by atomic mass is 16.5. The van der Waals surface area contributed by atoms with Gasteiger partial charge in [-0.25, -0.2) is 0 Å². The van der Waals surface area contributed by atoms with Crippen molar-refractivity contribution >= 4 is 11.6 Å². The normalized spacial score (nSPS) is 21.5. The molecule has 0 radical (unpaired) electrons. The van der Waals surface area contributed by atoms with Crippen LogP contribution < -0.4 is 5.32 Å². The van der Waals surface area contributed by atoms with Gasteiger partial charge in [0.05, 0.1) is 12.5 Å². The molecular weight excluding hydrogens is 230 g/mol. The number of benzene rings is 1. The Morgan fingerprint density at radius 2 is 2.11 bits per heavy atom. The summed E-state index contributed by atoms with van der Waals surface area (Å²) in [6, 6.07) is 5.75. The summed E-state index contributed by atoms with van der Waals surface area (Å²) < 4.78 is 5.31. The summed E-state index contributed by atoms with van der Waals surface area (Å²) >= 11 is 0. The minimum atomic E-state index is -0.449. The molecule has 1 saturated heterocycles. The van der Waals surface area contributed by atoms with Crippen molar-refractivity contribution in [2.24, 2.45) is 5.92 Å². The van der Waals surface area contributed by atoms with Gasteiger partial charge in [-0.1, -0.05) is 12.1 Å². The summed E-state index contributed by atoms with van der Waals surface area (Å²) in [5.41, 5.74) is 2.78. The van der Waals surface area contributed by atoms with E-state index >= 15 is 0 Å². The number of carbonyl (C=O) groups is 1. The van der Waals surface area contributed by atoms with E-state index in [0.29, 0.717) is 6.42 Å². The first-order valence-electron chi connectivity index (χ1n) is 6.42. The van der Waals surface area contributed by atoms with Gasteiger partial charge in [-0.15, -0.1) is 0 Å². The Labute approximate surface area is 106 Å². The van der Waals surface area contributed by atoms with E-state index in [4.69, 9.17) is 4.74 Å². The van der Waals surface area contributed by atoms with Crippen LogP contribution in [0.4, 0.5) is 5.69 Å². The van der Waals surface area contributed by atoms with Crippen LogP contribution in [0.1, 0.15) is 30.1 Å². The van der Waals surface area contributed by atoms with Crippen LogP contribution >= 0.6 is 0 Å². The molecule has 0 saturated carbocycles. The minimum Gasteiger partial charge on any atom is -0.388 e. The van der Waals surface area contributed by atoms with Gasteiger partial charge in [-0.2, -0.15) is 0 Å². The third-order valence-corrected chi connectivity index (χ3v) is 3.81. The van der Waals surface area contributed by atoms with Crippen molar-refractivity contribution in [1.29, 1.82) is 0 Å². The minimum absolute atomic E-state index is 0.0303. The third-order valence-electron chi connectivity index (χ3n) is 3.81. The molecule has 1 unspecified atom stereocenters. The van der Waals surface area contributed by atoms with E-state index in [1.54, 1.807) is 0 Å². The fourth-order valence-corrected chi connectivity index (χ4v) is 2.74. The van der Waals surface area contributed by atoms with E-state index < -0.39 is 6.10 Å². The zero-order valence-electron chi connectivity index (χ0n) is 10.2. The second-order valence-electron chi connectivity index (χ2n) is 5.04. The maximum absolute atomic E-state index is 11.3. The number of rotatable bonds is 2. The molecule has 2 aliphatic rings. The van der Waals surface area contributed by atoms with Gasteiger partial charge in [0, 0.05) is 18.9 Å². The van der Waals surface area contributed by atoms with Crippen LogP contribution in [0, 0.1) is 5.92 Å². The van der Waals surface area contributed by atoms with Crippen molar-refractivity contribution in [2.75, 3.05) is 18.5 Å². The highest BCUT2D eigenvalue weighted by Crippen LogP contribution is 2.33. The van der Waals surface area contributed by atoms with Crippen molar-refractivity contribution in [1.82, 2.24) is 0 Å². The first kappa shape index (κ1) is 11.7. The first-order valence-corrected chi connectivity index (χ1v) is 6.42. The maximum atomic E-state index is 11.3. The van der Waals surface area contributed by atoms with Crippen molar-refractivity contribution in [3.63, 3.8) is 0 Å². The summed E-state index contributed by atoms with van der Waals surface area (Å²) in [5.74, 6) is 0.296. The number of amides is 1. The van der Waals surface area contributed by atoms with Crippen LogP contribution in [0.25, 0.3) is 0 Å². The second kappa shape index (κ2) is 4.71. The van der Waals surface area contributed by atoms with Gasteiger partial charge in [0.1, 0.15) is 0 Å². The van der Waals surface area contributed by atoms with Gasteiger partial charge in [-0.3, -0.25) is 4.79 Å². The molecule has 3 rings (SSSR count).